The zero-order chi connectivity index (χ0) is 17.2. The summed E-state index contributed by atoms with van der Waals surface area (Å²) >= 11 is 1.72. The lowest BCUT2D eigenvalue weighted by Crippen LogP contribution is -2.46. The number of likely N-dealkylation sites (tertiary alicyclic amines) is 2. The average Bonchev–Trinajstić information content (AvgIpc) is 3.42. The van der Waals surface area contributed by atoms with E-state index in [0.29, 0.717) is 18.8 Å². The van der Waals surface area contributed by atoms with Crippen LogP contribution in [-0.2, 0) is 4.79 Å². The Morgan fingerprint density at radius 1 is 1.12 bits per heavy atom. The van der Waals surface area contributed by atoms with Gasteiger partial charge in [-0.05, 0) is 49.3 Å². The number of piperidine rings is 1. The molecule has 2 atom stereocenters. The van der Waals surface area contributed by atoms with Crippen LogP contribution in [0, 0.1) is 5.92 Å². The summed E-state index contributed by atoms with van der Waals surface area (Å²) in [5, 5.41) is 2.07. The second-order valence-electron chi connectivity index (χ2n) is 6.77. The maximum Gasteiger partial charge on any atom is 0.289 e. The number of amides is 2. The Hall–Kier alpha value is -2.08. The van der Waals surface area contributed by atoms with E-state index in [-0.39, 0.29) is 23.8 Å². The first-order valence-corrected chi connectivity index (χ1v) is 9.78. The third kappa shape index (κ3) is 3.23. The van der Waals surface area contributed by atoms with E-state index in [0.717, 1.165) is 32.2 Å². The van der Waals surface area contributed by atoms with Crippen LogP contribution in [0.25, 0.3) is 0 Å². The molecule has 4 rings (SSSR count). The highest BCUT2D eigenvalue weighted by Gasteiger charge is 2.37. The van der Waals surface area contributed by atoms with E-state index in [4.69, 9.17) is 4.42 Å². The molecule has 2 aliphatic rings. The lowest BCUT2D eigenvalue weighted by molar-refractivity contribution is -0.137. The van der Waals surface area contributed by atoms with Crippen molar-refractivity contribution in [1.82, 2.24) is 9.80 Å². The minimum Gasteiger partial charge on any atom is -0.459 e. The zero-order valence-electron chi connectivity index (χ0n) is 14.1. The van der Waals surface area contributed by atoms with E-state index in [9.17, 15) is 9.59 Å². The Labute approximate surface area is 151 Å². The second kappa shape index (κ2) is 7.04. The van der Waals surface area contributed by atoms with Gasteiger partial charge in [0, 0.05) is 24.5 Å². The van der Waals surface area contributed by atoms with Crippen LogP contribution in [0.3, 0.4) is 0 Å². The van der Waals surface area contributed by atoms with Crippen LogP contribution in [0.4, 0.5) is 0 Å². The van der Waals surface area contributed by atoms with Crippen LogP contribution in [0.1, 0.15) is 47.2 Å². The summed E-state index contributed by atoms with van der Waals surface area (Å²) < 4.78 is 5.22. The Kier molecular flexibility index (Phi) is 4.61. The minimum atomic E-state index is -0.112. The third-order valence-electron chi connectivity index (χ3n) is 5.20. The molecule has 0 saturated carbocycles. The highest BCUT2D eigenvalue weighted by Crippen LogP contribution is 2.36. The van der Waals surface area contributed by atoms with Crippen molar-refractivity contribution in [2.24, 2.45) is 5.92 Å². The largest absolute Gasteiger partial charge is 0.459 e. The van der Waals surface area contributed by atoms with Gasteiger partial charge in [0.1, 0.15) is 0 Å². The van der Waals surface area contributed by atoms with Crippen LogP contribution in [-0.4, -0.2) is 41.2 Å². The average molecular weight is 358 g/mol. The molecule has 0 aliphatic carbocycles. The number of nitrogens with zero attached hydrogens (tertiary/aromatic N) is 2. The van der Waals surface area contributed by atoms with Gasteiger partial charge in [0.2, 0.25) is 5.91 Å². The van der Waals surface area contributed by atoms with Crippen molar-refractivity contribution in [3.8, 4) is 0 Å². The molecule has 2 saturated heterocycles. The first-order chi connectivity index (χ1) is 12.2. The van der Waals surface area contributed by atoms with Crippen molar-refractivity contribution in [2.45, 2.75) is 31.7 Å². The van der Waals surface area contributed by atoms with Crippen LogP contribution >= 0.6 is 11.3 Å². The molecular formula is C19H22N2O3S. The zero-order valence-corrected chi connectivity index (χ0v) is 14.9. The molecule has 2 fully saturated rings. The normalized spacial score (nSPS) is 23.8. The van der Waals surface area contributed by atoms with Crippen molar-refractivity contribution in [2.75, 3.05) is 19.6 Å². The highest BCUT2D eigenvalue weighted by atomic mass is 32.1. The van der Waals surface area contributed by atoms with Gasteiger partial charge in [-0.25, -0.2) is 0 Å². The summed E-state index contributed by atoms with van der Waals surface area (Å²) in [6, 6.07) is 7.78. The molecule has 2 aromatic rings. The molecule has 0 radical (unpaired) electrons. The van der Waals surface area contributed by atoms with Gasteiger partial charge in [0.15, 0.2) is 5.76 Å². The van der Waals surface area contributed by atoms with Gasteiger partial charge in [-0.3, -0.25) is 9.59 Å². The molecule has 4 heterocycles. The summed E-state index contributed by atoms with van der Waals surface area (Å²) in [4.78, 5) is 30.7. The number of hydrogen-bond donors (Lipinski definition) is 0. The number of furan rings is 1. The van der Waals surface area contributed by atoms with Crippen molar-refractivity contribution >= 4 is 23.2 Å². The molecule has 132 valence electrons. The van der Waals surface area contributed by atoms with Gasteiger partial charge in [-0.2, -0.15) is 0 Å². The van der Waals surface area contributed by atoms with Gasteiger partial charge in [0.05, 0.1) is 18.2 Å². The van der Waals surface area contributed by atoms with Crippen LogP contribution in [0.2, 0.25) is 0 Å². The van der Waals surface area contributed by atoms with E-state index in [1.807, 2.05) is 11.0 Å². The molecule has 2 aliphatic heterocycles. The van der Waals surface area contributed by atoms with Gasteiger partial charge < -0.3 is 14.2 Å². The number of carbonyl (C=O) groups is 2. The van der Waals surface area contributed by atoms with Crippen LogP contribution in [0.15, 0.2) is 40.3 Å². The van der Waals surface area contributed by atoms with E-state index < -0.39 is 0 Å². The van der Waals surface area contributed by atoms with Crippen LogP contribution in [0.5, 0.6) is 0 Å². The third-order valence-corrected chi connectivity index (χ3v) is 6.17. The minimum absolute atomic E-state index is 0.103. The Morgan fingerprint density at radius 3 is 2.76 bits per heavy atom. The van der Waals surface area contributed by atoms with Crippen molar-refractivity contribution in [3.63, 3.8) is 0 Å². The van der Waals surface area contributed by atoms with Crippen molar-refractivity contribution < 1.29 is 14.0 Å². The summed E-state index contributed by atoms with van der Waals surface area (Å²) in [6.07, 6.45) is 5.31. The first kappa shape index (κ1) is 16.4. The maximum absolute atomic E-state index is 13.1. The molecule has 0 N–H and O–H groups in total. The SMILES string of the molecule is O=C(c1ccco1)N1CCCC(C(=O)N2CCCC2c2cccs2)C1. The summed E-state index contributed by atoms with van der Waals surface area (Å²) in [6.45, 7) is 2.01. The fourth-order valence-corrected chi connectivity index (χ4v) is 4.83. The van der Waals surface area contributed by atoms with Gasteiger partial charge in [-0.1, -0.05) is 6.07 Å². The lowest BCUT2D eigenvalue weighted by atomic mass is 9.95. The van der Waals surface area contributed by atoms with E-state index in [1.54, 1.807) is 28.4 Å². The van der Waals surface area contributed by atoms with Crippen molar-refractivity contribution in [3.05, 3.63) is 46.5 Å². The van der Waals surface area contributed by atoms with E-state index in [1.165, 1.54) is 11.1 Å². The van der Waals surface area contributed by atoms with Crippen LogP contribution < -0.4 is 0 Å². The number of hydrogen-bond acceptors (Lipinski definition) is 4. The molecule has 2 unspecified atom stereocenters. The lowest BCUT2D eigenvalue weighted by Gasteiger charge is -2.35. The van der Waals surface area contributed by atoms with Gasteiger partial charge >= 0.3 is 0 Å². The van der Waals surface area contributed by atoms with Crippen molar-refractivity contribution in [1.29, 1.82) is 0 Å². The molecule has 0 bridgehead atoms. The Bertz CT molecular complexity index is 726. The predicted octanol–water partition coefficient (Wildman–Crippen LogP) is 3.56. The highest BCUT2D eigenvalue weighted by molar-refractivity contribution is 7.10. The van der Waals surface area contributed by atoms with Gasteiger partial charge in [-0.15, -0.1) is 11.3 Å². The Balaban J connectivity index is 1.45. The standard InChI is InChI=1S/C19H22N2O3S/c22-18(21-10-2-6-15(21)17-8-4-12-25-17)14-5-1-9-20(13-14)19(23)16-7-3-11-24-16/h3-4,7-8,11-12,14-15H,1-2,5-6,9-10,13H2. The number of carbonyl (C=O) groups excluding carboxylic acids is 2. The smallest absolute Gasteiger partial charge is 0.289 e. The van der Waals surface area contributed by atoms with E-state index in [2.05, 4.69) is 11.4 Å². The fourth-order valence-electron chi connectivity index (χ4n) is 3.96. The number of rotatable bonds is 3. The monoisotopic (exact) mass is 358 g/mol. The number of thiophene rings is 1. The Morgan fingerprint density at radius 2 is 2.00 bits per heavy atom. The summed E-state index contributed by atoms with van der Waals surface area (Å²) in [5.74, 6) is 0.338. The first-order valence-electron chi connectivity index (χ1n) is 8.90. The van der Waals surface area contributed by atoms with E-state index >= 15 is 0 Å². The topological polar surface area (TPSA) is 53.8 Å². The molecular weight excluding hydrogens is 336 g/mol. The summed E-state index contributed by atoms with van der Waals surface area (Å²) in [7, 11) is 0. The molecule has 2 aromatic heterocycles. The quantitative estimate of drug-likeness (QED) is 0.843. The van der Waals surface area contributed by atoms with Gasteiger partial charge in [0.25, 0.3) is 5.91 Å². The maximum atomic E-state index is 13.1. The predicted molar refractivity (Wildman–Crippen MR) is 95.3 cm³/mol. The summed E-state index contributed by atoms with van der Waals surface area (Å²) in [5.41, 5.74) is 0. The molecule has 0 aromatic carbocycles. The molecule has 0 spiro atoms. The molecule has 25 heavy (non-hydrogen) atoms. The fraction of sp³-hybridized carbons (Fsp3) is 0.474. The molecule has 5 nitrogen and oxygen atoms in total. The molecule has 2 amide bonds. The molecule has 6 heteroatoms. The second-order valence-corrected chi connectivity index (χ2v) is 7.75.